The molecule has 1 rings (SSSR count). The maximum absolute atomic E-state index is 2.23. The van der Waals surface area contributed by atoms with E-state index in [0.29, 0.717) is 0 Å². The number of rotatable bonds is 4. The second-order valence-electron chi connectivity index (χ2n) is 2.54. The maximum atomic E-state index is 2.23. The average molecular weight is 166 g/mol. The van der Waals surface area contributed by atoms with Crippen molar-refractivity contribution in [2.75, 3.05) is 0 Å². The Bertz CT molecular complexity index is 197. The Morgan fingerprint density at radius 3 is 3.09 bits per heavy atom. The third kappa shape index (κ3) is 3.38. The van der Waals surface area contributed by atoms with Gasteiger partial charge in [-0.05, 0) is 37.6 Å². The summed E-state index contributed by atoms with van der Waals surface area (Å²) in [5.41, 5.74) is 0. The highest BCUT2D eigenvalue weighted by Gasteiger charge is 1.90. The first kappa shape index (κ1) is 8.54. The van der Waals surface area contributed by atoms with Crippen molar-refractivity contribution in [1.29, 1.82) is 0 Å². The second kappa shape index (κ2) is 5.14. The molecular weight excluding hydrogens is 152 g/mol. The van der Waals surface area contributed by atoms with Gasteiger partial charge in [0, 0.05) is 4.88 Å². The minimum atomic E-state index is 1.22. The topological polar surface area (TPSA) is 0 Å². The Balaban J connectivity index is 2.14. The van der Waals surface area contributed by atoms with E-state index >= 15 is 0 Å². The minimum absolute atomic E-state index is 1.22. The van der Waals surface area contributed by atoms with Crippen LogP contribution in [0, 0.1) is 0 Å². The Labute approximate surface area is 72.6 Å². The number of hydrogen-bond acceptors (Lipinski definition) is 1. The third-order valence-corrected chi connectivity index (χ3v) is 2.55. The molecular formula is C10H14S. The quantitative estimate of drug-likeness (QED) is 0.473. The zero-order valence-electron chi connectivity index (χ0n) is 6.92. The molecule has 0 nitrogen and oxygen atoms in total. The molecule has 60 valence electrons. The van der Waals surface area contributed by atoms with E-state index in [2.05, 4.69) is 36.6 Å². The molecule has 1 aromatic rings. The smallest absolute Gasteiger partial charge is 0.00453 e. The van der Waals surface area contributed by atoms with E-state index < -0.39 is 0 Å². The first-order valence-electron chi connectivity index (χ1n) is 4.07. The first-order valence-corrected chi connectivity index (χ1v) is 4.95. The van der Waals surface area contributed by atoms with Gasteiger partial charge in [0.25, 0.3) is 0 Å². The summed E-state index contributed by atoms with van der Waals surface area (Å²) in [5.74, 6) is 0. The van der Waals surface area contributed by atoms with Gasteiger partial charge in [0.15, 0.2) is 0 Å². The van der Waals surface area contributed by atoms with Crippen molar-refractivity contribution in [3.05, 3.63) is 34.5 Å². The Morgan fingerprint density at radius 1 is 1.55 bits per heavy atom. The molecule has 0 saturated carbocycles. The van der Waals surface area contributed by atoms with E-state index in [0.717, 1.165) is 0 Å². The van der Waals surface area contributed by atoms with Gasteiger partial charge < -0.3 is 0 Å². The van der Waals surface area contributed by atoms with Crippen molar-refractivity contribution < 1.29 is 0 Å². The predicted molar refractivity (Wildman–Crippen MR) is 52.1 cm³/mol. The summed E-state index contributed by atoms with van der Waals surface area (Å²) in [5, 5.41) is 2.14. The van der Waals surface area contributed by atoms with Crippen LogP contribution < -0.4 is 0 Å². The summed E-state index contributed by atoms with van der Waals surface area (Å²) in [4.78, 5) is 1.51. The lowest BCUT2D eigenvalue weighted by Gasteiger charge is -1.92. The van der Waals surface area contributed by atoms with E-state index in [1.165, 1.54) is 24.1 Å². The van der Waals surface area contributed by atoms with E-state index in [1.807, 2.05) is 11.3 Å². The van der Waals surface area contributed by atoms with Crippen LogP contribution in [0.5, 0.6) is 0 Å². The summed E-state index contributed by atoms with van der Waals surface area (Å²) in [6.45, 7) is 2.07. The van der Waals surface area contributed by atoms with Gasteiger partial charge in [-0.1, -0.05) is 18.2 Å². The normalized spacial score (nSPS) is 11.0. The van der Waals surface area contributed by atoms with E-state index in [4.69, 9.17) is 0 Å². The molecule has 1 heteroatoms. The number of aryl methyl sites for hydroxylation is 1. The number of allylic oxidation sites excluding steroid dienone is 2. The van der Waals surface area contributed by atoms with Crippen molar-refractivity contribution >= 4 is 11.3 Å². The lowest BCUT2D eigenvalue weighted by atomic mass is 10.2. The van der Waals surface area contributed by atoms with Crippen LogP contribution in [-0.2, 0) is 6.42 Å². The molecule has 0 spiro atoms. The standard InChI is InChI=1S/C10H14S/c1-2-3-4-5-7-10-8-6-9-11-10/h2-3,6,8-9H,4-5,7H2,1H3/b3-2+. The highest BCUT2D eigenvalue weighted by molar-refractivity contribution is 7.09. The number of thiophene rings is 1. The zero-order chi connectivity index (χ0) is 7.94. The lowest BCUT2D eigenvalue weighted by Crippen LogP contribution is -1.77. The fourth-order valence-corrected chi connectivity index (χ4v) is 1.77. The van der Waals surface area contributed by atoms with Crippen molar-refractivity contribution in [1.82, 2.24) is 0 Å². The molecule has 0 radical (unpaired) electrons. The van der Waals surface area contributed by atoms with Crippen molar-refractivity contribution in [3.8, 4) is 0 Å². The van der Waals surface area contributed by atoms with Gasteiger partial charge in [0.1, 0.15) is 0 Å². The number of hydrogen-bond donors (Lipinski definition) is 0. The monoisotopic (exact) mass is 166 g/mol. The number of unbranched alkanes of at least 4 members (excludes halogenated alkanes) is 1. The van der Waals surface area contributed by atoms with Crippen LogP contribution >= 0.6 is 11.3 Å². The van der Waals surface area contributed by atoms with Crippen LogP contribution in [0.3, 0.4) is 0 Å². The van der Waals surface area contributed by atoms with E-state index in [1.54, 1.807) is 0 Å². The van der Waals surface area contributed by atoms with Crippen LogP contribution in [0.2, 0.25) is 0 Å². The molecule has 1 aromatic heterocycles. The molecule has 0 amide bonds. The van der Waals surface area contributed by atoms with Gasteiger partial charge in [-0.3, -0.25) is 0 Å². The summed E-state index contributed by atoms with van der Waals surface area (Å²) in [6, 6.07) is 4.33. The van der Waals surface area contributed by atoms with Gasteiger partial charge in [-0.15, -0.1) is 11.3 Å². The molecule has 0 bridgehead atoms. The zero-order valence-corrected chi connectivity index (χ0v) is 7.73. The second-order valence-corrected chi connectivity index (χ2v) is 3.57. The SMILES string of the molecule is C/C=C/CCCc1cccs1. The minimum Gasteiger partial charge on any atom is -0.149 e. The van der Waals surface area contributed by atoms with E-state index in [9.17, 15) is 0 Å². The summed E-state index contributed by atoms with van der Waals surface area (Å²) in [6.07, 6.45) is 8.09. The fourth-order valence-electron chi connectivity index (χ4n) is 1.02. The molecule has 0 saturated heterocycles. The maximum Gasteiger partial charge on any atom is 0.00453 e. The van der Waals surface area contributed by atoms with Gasteiger partial charge >= 0.3 is 0 Å². The van der Waals surface area contributed by atoms with Crippen LogP contribution in [0.25, 0.3) is 0 Å². The van der Waals surface area contributed by atoms with Crippen molar-refractivity contribution in [2.24, 2.45) is 0 Å². The molecule has 11 heavy (non-hydrogen) atoms. The summed E-state index contributed by atoms with van der Waals surface area (Å²) >= 11 is 1.86. The molecule has 0 aliphatic rings. The van der Waals surface area contributed by atoms with Crippen LogP contribution in [0.15, 0.2) is 29.7 Å². The first-order chi connectivity index (χ1) is 5.43. The molecule has 0 unspecified atom stereocenters. The molecule has 1 heterocycles. The van der Waals surface area contributed by atoms with Crippen LogP contribution in [0.4, 0.5) is 0 Å². The van der Waals surface area contributed by atoms with Crippen LogP contribution in [0.1, 0.15) is 24.6 Å². The van der Waals surface area contributed by atoms with Crippen LogP contribution in [-0.4, -0.2) is 0 Å². The summed E-state index contributed by atoms with van der Waals surface area (Å²) < 4.78 is 0. The largest absolute Gasteiger partial charge is 0.149 e. The van der Waals surface area contributed by atoms with Crippen molar-refractivity contribution in [2.45, 2.75) is 26.2 Å². The fraction of sp³-hybridized carbons (Fsp3) is 0.400. The predicted octanol–water partition coefficient (Wildman–Crippen LogP) is 3.65. The molecule has 0 aromatic carbocycles. The summed E-state index contributed by atoms with van der Waals surface area (Å²) in [7, 11) is 0. The highest BCUT2D eigenvalue weighted by Crippen LogP contribution is 2.11. The molecule has 0 aliphatic carbocycles. The average Bonchev–Trinajstić information content (AvgIpc) is 2.50. The van der Waals surface area contributed by atoms with Crippen molar-refractivity contribution in [3.63, 3.8) is 0 Å². The highest BCUT2D eigenvalue weighted by atomic mass is 32.1. The van der Waals surface area contributed by atoms with E-state index in [-0.39, 0.29) is 0 Å². The Hall–Kier alpha value is -0.560. The van der Waals surface area contributed by atoms with Gasteiger partial charge in [0.2, 0.25) is 0 Å². The van der Waals surface area contributed by atoms with Gasteiger partial charge in [-0.25, -0.2) is 0 Å². The molecule has 0 atom stereocenters. The Kier molecular flexibility index (Phi) is 3.99. The Morgan fingerprint density at radius 2 is 2.45 bits per heavy atom. The molecule has 0 fully saturated rings. The van der Waals surface area contributed by atoms with Gasteiger partial charge in [0.05, 0.1) is 0 Å². The van der Waals surface area contributed by atoms with Gasteiger partial charge in [-0.2, -0.15) is 0 Å². The molecule has 0 N–H and O–H groups in total. The lowest BCUT2D eigenvalue weighted by molar-refractivity contribution is 0.854. The third-order valence-electron chi connectivity index (χ3n) is 1.61. The molecule has 0 aliphatic heterocycles.